The van der Waals surface area contributed by atoms with Gasteiger partial charge in [-0.25, -0.2) is 0 Å². The molecule has 2 aromatic carbocycles. The lowest BCUT2D eigenvalue weighted by Crippen LogP contribution is -2.61. The minimum atomic E-state index is -1.59. The normalized spacial score (nSPS) is 23.9. The van der Waals surface area contributed by atoms with E-state index in [-0.39, 0.29) is 82.9 Å². The van der Waals surface area contributed by atoms with E-state index in [2.05, 4.69) is 42.5 Å². The number of rotatable bonds is 16. The molecule has 0 aromatic heterocycles. The van der Waals surface area contributed by atoms with Crippen LogP contribution in [0.5, 0.6) is 0 Å². The highest BCUT2D eigenvalue weighted by molar-refractivity contribution is 5.98. The van der Waals surface area contributed by atoms with E-state index in [9.17, 15) is 43.5 Å². The summed E-state index contributed by atoms with van der Waals surface area (Å²) in [7, 11) is 0. The Morgan fingerprint density at radius 2 is 1.13 bits per heavy atom. The van der Waals surface area contributed by atoms with Crippen LogP contribution in [-0.2, 0) is 51.2 Å². The molecule has 0 aliphatic carbocycles. The lowest BCUT2D eigenvalue weighted by molar-refractivity contribution is -0.136. The molecule has 9 atom stereocenters. The Kier molecular flexibility index (Phi) is 22.9. The number of amidine groups is 1. The van der Waals surface area contributed by atoms with Crippen LogP contribution in [0.4, 0.5) is 0 Å². The van der Waals surface area contributed by atoms with E-state index in [4.69, 9.17) is 34.1 Å². The summed E-state index contributed by atoms with van der Waals surface area (Å²) in [5, 5.41) is 39.1. The maximum atomic E-state index is 14.2. The summed E-state index contributed by atoms with van der Waals surface area (Å²) in [5.41, 5.74) is 31.1. The number of hydrogen-bond donors (Lipinski definition) is 15. The average Bonchev–Trinajstić information content (AvgIpc) is 3.29. The smallest absolute Gasteiger partial charge is 0.245 e. The van der Waals surface area contributed by atoms with Gasteiger partial charge in [-0.1, -0.05) is 68.4 Å². The zero-order valence-electron chi connectivity index (χ0n) is 38.8. The van der Waals surface area contributed by atoms with Gasteiger partial charge in [-0.2, -0.15) is 0 Å². The summed E-state index contributed by atoms with van der Waals surface area (Å²) in [6, 6.07) is 4.33. The number of carbonyl (C=O) groups excluding carboxylic acids is 8. The van der Waals surface area contributed by atoms with Crippen molar-refractivity contribution < 1.29 is 43.5 Å². The number of benzene rings is 2. The van der Waals surface area contributed by atoms with Gasteiger partial charge in [0, 0.05) is 18.5 Å². The second-order valence-electron chi connectivity index (χ2n) is 17.1. The fourth-order valence-electron chi connectivity index (χ4n) is 7.25. The summed E-state index contributed by atoms with van der Waals surface area (Å²) in [4.78, 5) is 111. The van der Waals surface area contributed by atoms with E-state index in [0.717, 1.165) is 0 Å². The molecule has 2 aromatic rings. The second kappa shape index (κ2) is 28.0. The molecule has 1 saturated heterocycles. The van der Waals surface area contributed by atoms with Crippen LogP contribution in [-0.4, -0.2) is 139 Å². The van der Waals surface area contributed by atoms with E-state index < -0.39 is 102 Å². The Morgan fingerprint density at radius 1 is 0.662 bits per heavy atom. The monoisotopic (exact) mass is 951 g/mol. The largest absolute Gasteiger partial charge is 0.391 e. The summed E-state index contributed by atoms with van der Waals surface area (Å²) >= 11 is 0. The van der Waals surface area contributed by atoms with Crippen LogP contribution in [0.1, 0.15) is 69.6 Å². The SMILES string of the molecule is CC(C)C[C@@H]1NC(=O)[C@@H](Cc2ccccc2)NC(=O)[C@H](CCN)NC(=O)[C@@H](NC(=O)[C@H](N)Cc2ccc(C(=N)N)cc2)CCNC(=O)[C@H]([C@@H](C)O)NC(=O)[C@H](CCN)NC(=O)[C@H](CCN)NC1=O. The van der Waals surface area contributed by atoms with Gasteiger partial charge in [0.15, 0.2) is 0 Å². The number of aliphatic hydroxyl groups is 1. The second-order valence-corrected chi connectivity index (χ2v) is 17.1. The molecule has 3 rings (SSSR count). The Labute approximate surface area is 395 Å². The molecule has 23 heteroatoms. The van der Waals surface area contributed by atoms with Crippen molar-refractivity contribution in [2.24, 2.45) is 34.6 Å². The van der Waals surface area contributed by atoms with E-state index in [1.807, 2.05) is 13.8 Å². The molecule has 0 unspecified atom stereocenters. The molecule has 23 nitrogen and oxygen atoms in total. The van der Waals surface area contributed by atoms with Gasteiger partial charge in [-0.15, -0.1) is 0 Å². The number of carbonyl (C=O) groups is 8. The molecule has 68 heavy (non-hydrogen) atoms. The lowest BCUT2D eigenvalue weighted by Gasteiger charge is -2.28. The lowest BCUT2D eigenvalue weighted by atomic mass is 10.00. The Bertz CT molecular complexity index is 2040. The highest BCUT2D eigenvalue weighted by atomic mass is 16.3. The Balaban J connectivity index is 2.09. The van der Waals surface area contributed by atoms with Crippen LogP contribution in [0.2, 0.25) is 0 Å². The minimum absolute atomic E-state index is 0.00684. The molecule has 20 N–H and O–H groups in total. The highest BCUT2D eigenvalue weighted by Gasteiger charge is 2.35. The summed E-state index contributed by atoms with van der Waals surface area (Å²) in [6.45, 7) is 4.26. The fraction of sp³-hybridized carbons (Fsp3) is 0.533. The molecule has 0 radical (unpaired) electrons. The third kappa shape index (κ3) is 17.9. The molecule has 1 heterocycles. The van der Waals surface area contributed by atoms with Crippen LogP contribution < -0.4 is 71.2 Å². The highest BCUT2D eigenvalue weighted by Crippen LogP contribution is 2.11. The summed E-state index contributed by atoms with van der Waals surface area (Å²) in [5.74, 6) is -6.95. The van der Waals surface area contributed by atoms with Gasteiger partial charge in [0.2, 0.25) is 47.3 Å². The molecule has 1 aliphatic heterocycles. The number of aliphatic hydroxyl groups excluding tert-OH is 1. The topological polar surface area (TPSA) is 407 Å². The molecule has 0 bridgehead atoms. The molecular formula is C45H70N14O9. The quantitative estimate of drug-likeness (QED) is 0.0557. The van der Waals surface area contributed by atoms with Gasteiger partial charge in [0.05, 0.1) is 12.1 Å². The van der Waals surface area contributed by atoms with Gasteiger partial charge in [-0.05, 0) is 82.1 Å². The van der Waals surface area contributed by atoms with Crippen molar-refractivity contribution in [3.8, 4) is 0 Å². The van der Waals surface area contributed by atoms with E-state index in [1.54, 1.807) is 54.6 Å². The van der Waals surface area contributed by atoms with Gasteiger partial charge in [-0.3, -0.25) is 43.8 Å². The first-order chi connectivity index (χ1) is 32.3. The fourth-order valence-corrected chi connectivity index (χ4v) is 7.25. The summed E-state index contributed by atoms with van der Waals surface area (Å²) < 4.78 is 0. The average molecular weight is 951 g/mol. The minimum Gasteiger partial charge on any atom is -0.391 e. The molecule has 374 valence electrons. The number of amides is 8. The first-order valence-electron chi connectivity index (χ1n) is 22.7. The molecular weight excluding hydrogens is 881 g/mol. The molecule has 8 amide bonds. The van der Waals surface area contributed by atoms with E-state index in [0.29, 0.717) is 16.7 Å². The predicted octanol–water partition coefficient (Wildman–Crippen LogP) is -4.53. The molecule has 1 aliphatic rings. The van der Waals surface area contributed by atoms with Crippen molar-refractivity contribution in [2.75, 3.05) is 26.2 Å². The van der Waals surface area contributed by atoms with Crippen LogP contribution in [0.15, 0.2) is 54.6 Å². The van der Waals surface area contributed by atoms with Crippen LogP contribution in [0.3, 0.4) is 0 Å². The maximum Gasteiger partial charge on any atom is 0.245 e. The molecule has 0 spiro atoms. The number of hydrogen-bond acceptors (Lipinski definition) is 14. The summed E-state index contributed by atoms with van der Waals surface area (Å²) in [6.07, 6.45) is -2.07. The van der Waals surface area contributed by atoms with Crippen LogP contribution in [0.25, 0.3) is 0 Å². The first-order valence-corrected chi connectivity index (χ1v) is 22.7. The van der Waals surface area contributed by atoms with Crippen LogP contribution in [0, 0.1) is 11.3 Å². The van der Waals surface area contributed by atoms with Gasteiger partial charge < -0.3 is 76.3 Å². The number of nitrogens with one attached hydrogen (secondary N) is 9. The van der Waals surface area contributed by atoms with Gasteiger partial charge in [0.25, 0.3) is 0 Å². The Morgan fingerprint density at radius 3 is 1.63 bits per heavy atom. The zero-order valence-corrected chi connectivity index (χ0v) is 38.8. The van der Waals surface area contributed by atoms with E-state index >= 15 is 0 Å². The maximum absolute atomic E-state index is 14.2. The van der Waals surface area contributed by atoms with Gasteiger partial charge in [0.1, 0.15) is 48.1 Å². The zero-order chi connectivity index (χ0) is 50.5. The first kappa shape index (κ1) is 55.8. The van der Waals surface area contributed by atoms with Gasteiger partial charge >= 0.3 is 0 Å². The Hall–Kier alpha value is -6.53. The van der Waals surface area contributed by atoms with E-state index in [1.165, 1.54) is 6.92 Å². The standard InChI is InChI=1S/C45H70N14O9/c1-24(2)21-34-43(66)56-30(13-17-46)39(62)55-32(15-19-48)42(65)59-36(25(3)60)45(68)52-20-16-33(53-38(61)29(49)22-27-9-11-28(12-10-27)37(50)51)41(64)54-31(14-18-47)40(63)58-35(44(67)57-34)23-26-7-5-4-6-8-26/h4-12,24-25,29-36,60H,13-23,46-49H2,1-3H3,(H3,50,51)(H,52,68)(H,53,61)(H,54,64)(H,55,62)(H,56,66)(H,57,67)(H,58,63)(H,59,65)/t25-,29-,30+,31+,32+,33+,34+,35-,36+/m1/s1. The predicted molar refractivity (Wildman–Crippen MR) is 253 cm³/mol. The molecule has 0 saturated carbocycles. The number of nitrogen functional groups attached to an aromatic ring is 1. The van der Waals surface area contributed by atoms with Crippen molar-refractivity contribution in [3.63, 3.8) is 0 Å². The third-order valence-electron chi connectivity index (χ3n) is 11.0. The van der Waals surface area contributed by atoms with Crippen molar-refractivity contribution in [1.29, 1.82) is 5.41 Å². The van der Waals surface area contributed by atoms with Crippen LogP contribution >= 0.6 is 0 Å². The molecule has 1 fully saturated rings. The number of nitrogens with two attached hydrogens (primary N) is 5. The third-order valence-corrected chi connectivity index (χ3v) is 11.0. The van der Waals surface area contributed by atoms with Crippen molar-refractivity contribution in [3.05, 3.63) is 71.3 Å². The van der Waals surface area contributed by atoms with Crippen molar-refractivity contribution in [1.82, 2.24) is 42.5 Å². The van der Waals surface area contributed by atoms with Crippen molar-refractivity contribution in [2.45, 2.75) is 120 Å². The van der Waals surface area contributed by atoms with Crippen molar-refractivity contribution >= 4 is 53.1 Å².